The standard InChI is InChI=1S/C25H37NO4.C20H35NO2.C5H4O3.C2H4O2/c1-16-6-7-20-19(14-26-23(29)22-5-4-12-30-22)21(9-11-24(16,20)2)25(3)10-8-18(28)13-17(25)15-27;1-13-4-5-17-16(11-21)18(7-9-19(13,17)2)20(3)8-6-15(23)10-14(20)12-22;6-5(7)4-2-1-3-8-4;1-2(3)4/h4-5,12,17-21,27-28H,1,6-11,13-15H2,2-3H3,(H,26,29);14-18,22-23H,1,4-12,21H2,2-3H3;1-3H,(H,6,7);1H3,(H,3,4)/t17-,18+,19+,20+,21+,24-,25+;14-,15+,16+,17+,18+,19-,20+;;/m11../s1. The summed E-state index contributed by atoms with van der Waals surface area (Å²) in [6.07, 6.45) is 16.5. The van der Waals surface area contributed by atoms with Gasteiger partial charge >= 0.3 is 5.97 Å². The first-order valence-electron chi connectivity index (χ1n) is 24.1. The Morgan fingerprint density at radius 2 is 1.12 bits per heavy atom. The number of carboxylic acids is 2. The Kier molecular flexibility index (Phi) is 17.6. The van der Waals surface area contributed by atoms with Crippen molar-refractivity contribution in [2.45, 2.75) is 137 Å². The number of hydrogen-bond donors (Lipinski definition) is 8. The number of nitrogens with two attached hydrogens (primary N) is 1. The number of carbonyl (C=O) groups excluding carboxylic acids is 1. The van der Waals surface area contributed by atoms with Crippen LogP contribution < -0.4 is 11.1 Å². The Labute approximate surface area is 386 Å². The highest BCUT2D eigenvalue weighted by Gasteiger charge is 2.58. The number of aliphatic hydroxyl groups is 4. The summed E-state index contributed by atoms with van der Waals surface area (Å²) in [7, 11) is 0. The van der Waals surface area contributed by atoms with Crippen LogP contribution in [0.4, 0.5) is 0 Å². The zero-order valence-electron chi connectivity index (χ0n) is 39.7. The molecule has 9 N–H and O–H groups in total. The summed E-state index contributed by atoms with van der Waals surface area (Å²) in [6.45, 7) is 21.0. The smallest absolute Gasteiger partial charge is 0.371 e. The van der Waals surface area contributed by atoms with E-state index in [1.807, 2.05) is 0 Å². The van der Waals surface area contributed by atoms with Crippen LogP contribution in [0.2, 0.25) is 0 Å². The lowest BCUT2D eigenvalue weighted by Crippen LogP contribution is -2.53. The highest BCUT2D eigenvalue weighted by molar-refractivity contribution is 5.91. The van der Waals surface area contributed by atoms with Crippen molar-refractivity contribution in [1.82, 2.24) is 5.32 Å². The van der Waals surface area contributed by atoms with Crippen LogP contribution in [0, 0.1) is 69.0 Å². The number of nitrogens with one attached hydrogen (secondary N) is 1. The lowest BCUT2D eigenvalue weighted by molar-refractivity contribution is -0.134. The summed E-state index contributed by atoms with van der Waals surface area (Å²) in [5.74, 6) is 1.59. The van der Waals surface area contributed by atoms with E-state index in [0.29, 0.717) is 54.2 Å². The molecule has 1 amide bonds. The normalized spacial score (nSPS) is 38.6. The Hall–Kier alpha value is -3.75. The second-order valence-electron chi connectivity index (χ2n) is 21.3. The third-order valence-electron chi connectivity index (χ3n) is 18.2. The summed E-state index contributed by atoms with van der Waals surface area (Å²) < 4.78 is 9.78. The number of carboxylic acid groups (broad SMARTS) is 2. The molecule has 2 aromatic heterocycles. The summed E-state index contributed by atoms with van der Waals surface area (Å²) >= 11 is 0. The molecule has 8 rings (SSSR count). The monoisotopic (exact) mass is 909 g/mol. The SMILES string of the molecule is C=C1CC[C@H]2[C@H](CN)[C@@H]([C@@]3(C)CC[C@H](O)C[C@@H]3CO)CC[C@]12C.C=C1CC[C@H]2[C@H](CNC(=O)c3ccco3)[C@@H]([C@@]3(C)CC[C@H](O)C[C@@H]3CO)CC[C@]12C.CC(=O)O.O=C(O)c1ccco1. The van der Waals surface area contributed by atoms with Crippen LogP contribution in [0.1, 0.15) is 146 Å². The van der Waals surface area contributed by atoms with Gasteiger partial charge in [0.2, 0.25) is 5.76 Å². The van der Waals surface area contributed by atoms with Gasteiger partial charge in [-0.1, -0.05) is 52.0 Å². The molecular formula is C52H80N2O11. The quantitative estimate of drug-likeness (QED) is 0.111. The zero-order chi connectivity index (χ0) is 47.9. The van der Waals surface area contributed by atoms with E-state index in [0.717, 1.165) is 77.7 Å². The number of hydrogen-bond acceptors (Lipinski definition) is 10. The topological polar surface area (TPSA) is 237 Å². The molecule has 0 saturated heterocycles. The van der Waals surface area contributed by atoms with Gasteiger partial charge in [-0.3, -0.25) is 9.59 Å². The number of fused-ring (bicyclic) bond motifs is 2. The highest BCUT2D eigenvalue weighted by Crippen LogP contribution is 2.65. The van der Waals surface area contributed by atoms with Crippen molar-refractivity contribution in [2.24, 2.45) is 74.7 Å². The average molecular weight is 909 g/mol. The maximum Gasteiger partial charge on any atom is 0.371 e. The van der Waals surface area contributed by atoms with Gasteiger partial charge in [0.15, 0.2) is 5.76 Å². The summed E-state index contributed by atoms with van der Waals surface area (Å²) in [5, 5.41) is 59.2. The molecule has 0 radical (unpaired) electrons. The van der Waals surface area contributed by atoms with Gasteiger partial charge in [0.25, 0.3) is 11.9 Å². The van der Waals surface area contributed by atoms with E-state index in [-0.39, 0.29) is 70.6 Å². The minimum atomic E-state index is -1.03. The molecule has 6 saturated carbocycles. The number of furan rings is 2. The van der Waals surface area contributed by atoms with Crippen LogP contribution in [-0.4, -0.2) is 87.0 Å². The maximum atomic E-state index is 12.6. The summed E-state index contributed by atoms with van der Waals surface area (Å²) in [4.78, 5) is 31.6. The van der Waals surface area contributed by atoms with Gasteiger partial charge in [0.1, 0.15) is 0 Å². The number of aliphatic carboxylic acids is 1. The van der Waals surface area contributed by atoms with Crippen LogP contribution in [0.3, 0.4) is 0 Å². The molecule has 6 aliphatic carbocycles. The van der Waals surface area contributed by atoms with Gasteiger partial charge in [-0.25, -0.2) is 4.79 Å². The first kappa shape index (κ1) is 52.2. The van der Waals surface area contributed by atoms with Gasteiger partial charge < -0.3 is 50.5 Å². The Balaban J connectivity index is 0.000000199. The van der Waals surface area contributed by atoms with Crippen molar-refractivity contribution in [3.8, 4) is 0 Å². The molecule has 0 bridgehead atoms. The van der Waals surface area contributed by atoms with Crippen LogP contribution in [-0.2, 0) is 4.79 Å². The predicted molar refractivity (Wildman–Crippen MR) is 249 cm³/mol. The molecule has 0 aromatic carbocycles. The Morgan fingerprint density at radius 3 is 1.51 bits per heavy atom. The van der Waals surface area contributed by atoms with E-state index in [9.17, 15) is 30.0 Å². The number of rotatable bonds is 9. The molecule has 6 aliphatic rings. The van der Waals surface area contributed by atoms with E-state index >= 15 is 0 Å². The highest BCUT2D eigenvalue weighted by atomic mass is 16.4. The number of aliphatic hydroxyl groups excluding tert-OH is 4. The number of allylic oxidation sites excluding steroid dienone is 2. The molecule has 13 nitrogen and oxygen atoms in total. The maximum absolute atomic E-state index is 12.6. The molecule has 14 atom stereocenters. The fourth-order valence-electron chi connectivity index (χ4n) is 14.1. The number of aromatic carboxylic acids is 1. The Morgan fingerprint density at radius 1 is 0.692 bits per heavy atom. The van der Waals surface area contributed by atoms with Crippen molar-refractivity contribution in [2.75, 3.05) is 26.3 Å². The second kappa shape index (κ2) is 21.9. The molecule has 2 aromatic rings. The summed E-state index contributed by atoms with van der Waals surface area (Å²) in [6, 6.07) is 6.35. The van der Waals surface area contributed by atoms with Crippen molar-refractivity contribution in [1.29, 1.82) is 0 Å². The second-order valence-corrected chi connectivity index (χ2v) is 21.3. The first-order chi connectivity index (χ1) is 30.7. The minimum absolute atomic E-state index is 0.0231. The van der Waals surface area contributed by atoms with Crippen molar-refractivity contribution < 1.29 is 53.9 Å². The van der Waals surface area contributed by atoms with Crippen LogP contribution in [0.5, 0.6) is 0 Å². The lowest BCUT2D eigenvalue weighted by atomic mass is 9.49. The molecule has 6 fully saturated rings. The molecule has 0 aliphatic heterocycles. The molecule has 65 heavy (non-hydrogen) atoms. The predicted octanol–water partition coefficient (Wildman–Crippen LogP) is 8.34. The summed E-state index contributed by atoms with van der Waals surface area (Å²) in [5.41, 5.74) is 9.58. The van der Waals surface area contributed by atoms with E-state index in [4.69, 9.17) is 25.2 Å². The van der Waals surface area contributed by atoms with Gasteiger partial charge in [0, 0.05) is 26.7 Å². The lowest BCUT2D eigenvalue weighted by Gasteiger charge is -2.56. The van der Waals surface area contributed by atoms with Crippen LogP contribution >= 0.6 is 0 Å². The third-order valence-corrected chi connectivity index (χ3v) is 18.2. The fourth-order valence-corrected chi connectivity index (χ4v) is 14.1. The zero-order valence-corrected chi connectivity index (χ0v) is 39.7. The minimum Gasteiger partial charge on any atom is -0.481 e. The largest absolute Gasteiger partial charge is 0.481 e. The molecule has 13 heteroatoms. The Bertz CT molecular complexity index is 1890. The number of carbonyl (C=O) groups is 3. The first-order valence-corrected chi connectivity index (χ1v) is 24.1. The molecule has 364 valence electrons. The van der Waals surface area contributed by atoms with E-state index < -0.39 is 11.9 Å². The molecule has 2 heterocycles. The van der Waals surface area contributed by atoms with E-state index in [1.54, 1.807) is 12.1 Å². The molecule has 0 spiro atoms. The van der Waals surface area contributed by atoms with Gasteiger partial charge in [-0.15, -0.1) is 0 Å². The van der Waals surface area contributed by atoms with E-state index in [1.165, 1.54) is 55.1 Å². The average Bonchev–Trinajstić information content (AvgIpc) is 4.11. The molecule has 0 unspecified atom stereocenters. The van der Waals surface area contributed by atoms with Gasteiger partial charge in [0.05, 0.1) is 24.7 Å². The van der Waals surface area contributed by atoms with Crippen LogP contribution in [0.15, 0.2) is 69.9 Å². The number of amides is 1. The molecular weight excluding hydrogens is 829 g/mol. The fraction of sp³-hybridized carbons (Fsp3) is 0.712. The third kappa shape index (κ3) is 11.2. The van der Waals surface area contributed by atoms with E-state index in [2.05, 4.69) is 50.6 Å². The van der Waals surface area contributed by atoms with Crippen molar-refractivity contribution in [3.63, 3.8) is 0 Å². The van der Waals surface area contributed by atoms with Crippen LogP contribution in [0.25, 0.3) is 0 Å². The van der Waals surface area contributed by atoms with Gasteiger partial charge in [-0.05, 0) is 190 Å². The van der Waals surface area contributed by atoms with Crippen molar-refractivity contribution >= 4 is 17.8 Å². The van der Waals surface area contributed by atoms with Crippen molar-refractivity contribution in [3.05, 3.63) is 72.6 Å². The van der Waals surface area contributed by atoms with Gasteiger partial charge in [-0.2, -0.15) is 0 Å².